The van der Waals surface area contributed by atoms with Crippen molar-refractivity contribution in [3.63, 3.8) is 0 Å². The summed E-state index contributed by atoms with van der Waals surface area (Å²) in [4.78, 5) is 4.55. The molecule has 1 heterocycles. The lowest BCUT2D eigenvalue weighted by molar-refractivity contribution is 0.414. The average molecular weight is 305 g/mol. The number of aryl methyl sites for hydroxylation is 1. The molecule has 0 amide bonds. The minimum Gasteiger partial charge on any atom is -0.497 e. The van der Waals surface area contributed by atoms with Crippen molar-refractivity contribution in [1.82, 2.24) is 4.98 Å². The summed E-state index contributed by atoms with van der Waals surface area (Å²) < 4.78 is 6.28. The van der Waals surface area contributed by atoms with Crippen LogP contribution in [0.1, 0.15) is 5.56 Å². The average Bonchev–Trinajstić information content (AvgIpc) is 2.82. The number of thiazole rings is 1. The number of nitrogens with one attached hydrogen (secondary N) is 1. The Kier molecular flexibility index (Phi) is 3.51. The summed E-state index contributed by atoms with van der Waals surface area (Å²) >= 11 is 7.58. The number of anilines is 2. The number of aromatic nitrogens is 1. The monoisotopic (exact) mass is 304 g/mol. The zero-order chi connectivity index (χ0) is 14.1. The Balaban J connectivity index is 1.92. The second-order valence-corrected chi connectivity index (χ2v) is 5.90. The van der Waals surface area contributed by atoms with Gasteiger partial charge in [-0.25, -0.2) is 4.98 Å². The molecule has 0 radical (unpaired) electrons. The second-order valence-electron chi connectivity index (χ2n) is 4.44. The number of nitrogens with zero attached hydrogens (tertiary/aromatic N) is 1. The molecule has 3 rings (SSSR count). The van der Waals surface area contributed by atoms with Crippen molar-refractivity contribution < 1.29 is 4.74 Å². The first-order chi connectivity index (χ1) is 9.65. The van der Waals surface area contributed by atoms with Gasteiger partial charge in [0.05, 0.1) is 17.3 Å². The summed E-state index contributed by atoms with van der Waals surface area (Å²) in [5.41, 5.74) is 3.09. The first-order valence-electron chi connectivity index (χ1n) is 6.13. The Bertz CT molecular complexity index is 770. The summed E-state index contributed by atoms with van der Waals surface area (Å²) in [5.74, 6) is 0.851. The van der Waals surface area contributed by atoms with E-state index in [0.717, 1.165) is 37.4 Å². The van der Waals surface area contributed by atoms with Crippen molar-refractivity contribution >= 4 is 44.0 Å². The van der Waals surface area contributed by atoms with Crippen molar-refractivity contribution in [2.45, 2.75) is 6.92 Å². The van der Waals surface area contributed by atoms with Crippen LogP contribution in [0.3, 0.4) is 0 Å². The van der Waals surface area contributed by atoms with Crippen LogP contribution >= 0.6 is 22.9 Å². The Morgan fingerprint density at radius 2 is 2.05 bits per heavy atom. The van der Waals surface area contributed by atoms with Gasteiger partial charge in [-0.2, -0.15) is 0 Å². The third-order valence-electron chi connectivity index (χ3n) is 3.03. The van der Waals surface area contributed by atoms with Crippen molar-refractivity contribution in [3.8, 4) is 5.75 Å². The molecule has 0 atom stereocenters. The predicted molar refractivity (Wildman–Crippen MR) is 85.6 cm³/mol. The molecule has 0 spiro atoms. The number of methoxy groups -OCH3 is 1. The fourth-order valence-corrected chi connectivity index (χ4v) is 3.12. The van der Waals surface area contributed by atoms with E-state index >= 15 is 0 Å². The Hall–Kier alpha value is -1.78. The number of hydrogen-bond acceptors (Lipinski definition) is 4. The van der Waals surface area contributed by atoms with Gasteiger partial charge in [0, 0.05) is 10.7 Å². The third kappa shape index (κ3) is 2.57. The van der Waals surface area contributed by atoms with E-state index in [1.54, 1.807) is 18.4 Å². The van der Waals surface area contributed by atoms with Gasteiger partial charge in [-0.15, -0.1) is 0 Å². The number of halogens is 1. The Labute approximate surface area is 126 Å². The minimum absolute atomic E-state index is 0.730. The van der Waals surface area contributed by atoms with Gasteiger partial charge in [0.2, 0.25) is 0 Å². The van der Waals surface area contributed by atoms with Crippen molar-refractivity contribution in [2.24, 2.45) is 0 Å². The van der Waals surface area contributed by atoms with Gasteiger partial charge < -0.3 is 10.1 Å². The van der Waals surface area contributed by atoms with E-state index < -0.39 is 0 Å². The van der Waals surface area contributed by atoms with E-state index in [0.29, 0.717) is 0 Å². The van der Waals surface area contributed by atoms with Crippen LogP contribution in [-0.4, -0.2) is 12.1 Å². The summed E-state index contributed by atoms with van der Waals surface area (Å²) in [5, 5.41) is 4.93. The molecule has 0 bridgehead atoms. The smallest absolute Gasteiger partial charge is 0.188 e. The van der Waals surface area contributed by atoms with Gasteiger partial charge in [-0.05, 0) is 48.9 Å². The number of rotatable bonds is 3. The van der Waals surface area contributed by atoms with Gasteiger partial charge in [-0.3, -0.25) is 0 Å². The lowest BCUT2D eigenvalue weighted by Crippen LogP contribution is -1.93. The molecule has 2 aromatic carbocycles. The minimum atomic E-state index is 0.730. The Morgan fingerprint density at radius 3 is 2.80 bits per heavy atom. The van der Waals surface area contributed by atoms with Gasteiger partial charge >= 0.3 is 0 Å². The molecule has 5 heteroatoms. The number of fused-ring (bicyclic) bond motifs is 1. The zero-order valence-corrected chi connectivity index (χ0v) is 12.7. The highest BCUT2D eigenvalue weighted by molar-refractivity contribution is 7.22. The van der Waals surface area contributed by atoms with E-state index in [9.17, 15) is 0 Å². The maximum atomic E-state index is 5.99. The van der Waals surface area contributed by atoms with E-state index in [2.05, 4.69) is 10.3 Å². The van der Waals surface area contributed by atoms with Crippen LogP contribution in [0.4, 0.5) is 10.8 Å². The van der Waals surface area contributed by atoms with Crippen LogP contribution in [-0.2, 0) is 0 Å². The molecule has 0 unspecified atom stereocenters. The third-order valence-corrected chi connectivity index (χ3v) is 4.19. The fourth-order valence-electron chi connectivity index (χ4n) is 1.97. The molecule has 0 aliphatic heterocycles. The molecule has 0 saturated heterocycles. The number of hydrogen-bond donors (Lipinski definition) is 1. The van der Waals surface area contributed by atoms with Crippen molar-refractivity contribution in [2.75, 3.05) is 12.4 Å². The highest BCUT2D eigenvalue weighted by Crippen LogP contribution is 2.31. The molecular formula is C15H13ClN2OS. The summed E-state index contributed by atoms with van der Waals surface area (Å²) in [6, 6.07) is 11.6. The van der Waals surface area contributed by atoms with E-state index in [-0.39, 0.29) is 0 Å². The van der Waals surface area contributed by atoms with Gasteiger partial charge in [0.1, 0.15) is 5.75 Å². The maximum Gasteiger partial charge on any atom is 0.188 e. The predicted octanol–water partition coefficient (Wildman–Crippen LogP) is 5.01. The molecule has 0 aliphatic rings. The number of ether oxygens (including phenoxy) is 1. The zero-order valence-electron chi connectivity index (χ0n) is 11.1. The molecule has 3 aromatic rings. The summed E-state index contributed by atoms with van der Waals surface area (Å²) in [7, 11) is 1.67. The molecule has 20 heavy (non-hydrogen) atoms. The van der Waals surface area contributed by atoms with Crippen LogP contribution in [0.25, 0.3) is 10.2 Å². The van der Waals surface area contributed by atoms with Crippen LogP contribution in [0, 0.1) is 6.92 Å². The van der Waals surface area contributed by atoms with Gasteiger partial charge in [0.25, 0.3) is 0 Å². The molecule has 102 valence electrons. The van der Waals surface area contributed by atoms with Crippen LogP contribution in [0.15, 0.2) is 36.4 Å². The largest absolute Gasteiger partial charge is 0.497 e. The number of benzene rings is 2. The molecule has 1 aromatic heterocycles. The van der Waals surface area contributed by atoms with Crippen molar-refractivity contribution in [1.29, 1.82) is 0 Å². The first kappa shape index (κ1) is 13.2. The van der Waals surface area contributed by atoms with Crippen molar-refractivity contribution in [3.05, 3.63) is 47.0 Å². The van der Waals surface area contributed by atoms with Crippen LogP contribution in [0.2, 0.25) is 5.02 Å². The van der Waals surface area contributed by atoms with Crippen LogP contribution < -0.4 is 10.1 Å². The lowest BCUT2D eigenvalue weighted by atomic mass is 10.2. The van der Waals surface area contributed by atoms with E-state index in [4.69, 9.17) is 16.3 Å². The molecular weight excluding hydrogens is 292 g/mol. The molecule has 3 nitrogen and oxygen atoms in total. The molecule has 0 aliphatic carbocycles. The lowest BCUT2D eigenvalue weighted by Gasteiger charge is -2.08. The van der Waals surface area contributed by atoms with Crippen LogP contribution in [0.5, 0.6) is 5.75 Å². The Morgan fingerprint density at radius 1 is 1.20 bits per heavy atom. The molecule has 0 fully saturated rings. The standard InChI is InChI=1S/C15H13ClN2OS/c1-9-7-11(19-2)4-6-12(9)17-15-18-13-5-3-10(16)8-14(13)20-15/h3-8H,1-2H3,(H,17,18). The second kappa shape index (κ2) is 5.31. The van der Waals surface area contributed by atoms with Gasteiger partial charge in [-0.1, -0.05) is 22.9 Å². The summed E-state index contributed by atoms with van der Waals surface area (Å²) in [6.45, 7) is 2.04. The highest BCUT2D eigenvalue weighted by Gasteiger charge is 2.06. The first-order valence-corrected chi connectivity index (χ1v) is 7.33. The highest BCUT2D eigenvalue weighted by atomic mass is 35.5. The quantitative estimate of drug-likeness (QED) is 0.738. The van der Waals surface area contributed by atoms with E-state index in [1.165, 1.54) is 0 Å². The van der Waals surface area contributed by atoms with Gasteiger partial charge in [0.15, 0.2) is 5.13 Å². The SMILES string of the molecule is COc1ccc(Nc2nc3ccc(Cl)cc3s2)c(C)c1. The van der Waals surface area contributed by atoms with E-state index in [1.807, 2.05) is 43.3 Å². The normalized spacial score (nSPS) is 10.8. The molecule has 1 N–H and O–H groups in total. The summed E-state index contributed by atoms with van der Waals surface area (Å²) in [6.07, 6.45) is 0. The fraction of sp³-hybridized carbons (Fsp3) is 0.133. The topological polar surface area (TPSA) is 34.1 Å². The molecule has 0 saturated carbocycles. The maximum absolute atomic E-state index is 5.99.